The van der Waals surface area contributed by atoms with Gasteiger partial charge in [-0.2, -0.15) is 0 Å². The van der Waals surface area contributed by atoms with Crippen LogP contribution in [0, 0.1) is 5.41 Å². The second kappa shape index (κ2) is 24.8. The van der Waals surface area contributed by atoms with Crippen LogP contribution >= 0.6 is 11.8 Å². The molecule has 2 heterocycles. The fourth-order valence-corrected chi connectivity index (χ4v) is 5.03. The predicted molar refractivity (Wildman–Crippen MR) is 176 cm³/mol. The van der Waals surface area contributed by atoms with Crippen LogP contribution in [-0.2, 0) is 55.8 Å². The summed E-state index contributed by atoms with van der Waals surface area (Å²) in [4.78, 5) is 24.4. The lowest BCUT2D eigenvalue weighted by atomic mass is 9.93. The molecule has 0 aromatic carbocycles. The number of nitrogens with zero attached hydrogens (tertiary/aromatic N) is 3. The van der Waals surface area contributed by atoms with Gasteiger partial charge in [0.15, 0.2) is 0 Å². The van der Waals surface area contributed by atoms with Gasteiger partial charge in [0, 0.05) is 18.8 Å². The summed E-state index contributed by atoms with van der Waals surface area (Å²) in [5, 5.41) is 22.4. The Morgan fingerprint density at radius 1 is 0.915 bits per heavy atom. The second-order valence-corrected chi connectivity index (χ2v) is 13.2. The van der Waals surface area contributed by atoms with Crippen molar-refractivity contribution in [2.75, 3.05) is 98.2 Å². The number of rotatable bonds is 28. The zero-order chi connectivity index (χ0) is 34.2. The summed E-state index contributed by atoms with van der Waals surface area (Å²) in [7, 11) is 0. The number of aliphatic hydroxyl groups excluding tert-OH is 1. The molecule has 1 aromatic heterocycles. The normalized spacial score (nSPS) is 16.7. The van der Waals surface area contributed by atoms with Crippen LogP contribution in [0.4, 0.5) is 0 Å². The van der Waals surface area contributed by atoms with Gasteiger partial charge in [-0.1, -0.05) is 32.6 Å². The lowest BCUT2D eigenvalue weighted by Gasteiger charge is -2.27. The zero-order valence-electron chi connectivity index (χ0n) is 28.2. The van der Waals surface area contributed by atoms with Gasteiger partial charge in [0.1, 0.15) is 11.5 Å². The van der Waals surface area contributed by atoms with Crippen molar-refractivity contribution in [1.82, 2.24) is 25.6 Å². The maximum Gasteiger partial charge on any atom is 0.234 e. The third-order valence-electron chi connectivity index (χ3n) is 6.59. The minimum Gasteiger partial charge on any atom is -0.511 e. The van der Waals surface area contributed by atoms with Crippen molar-refractivity contribution < 1.29 is 47.9 Å². The van der Waals surface area contributed by atoms with Crippen LogP contribution in [0.15, 0.2) is 18.5 Å². The van der Waals surface area contributed by atoms with Crippen molar-refractivity contribution in [3.8, 4) is 0 Å². The second-order valence-electron chi connectivity index (χ2n) is 11.9. The highest BCUT2D eigenvalue weighted by atomic mass is 32.2. The number of hydrogen-bond donors (Lipinski definition) is 3. The molecule has 0 aliphatic carbocycles. The van der Waals surface area contributed by atoms with Crippen molar-refractivity contribution in [2.45, 2.75) is 58.0 Å². The molecule has 0 radical (unpaired) electrons. The molecular weight excluding hydrogens is 634 g/mol. The van der Waals surface area contributed by atoms with E-state index < -0.39 is 11.3 Å². The summed E-state index contributed by atoms with van der Waals surface area (Å²) in [6, 6.07) is -0.483. The molecule has 2 rings (SSSR count). The molecule has 16 heteroatoms. The van der Waals surface area contributed by atoms with Gasteiger partial charge in [-0.05, 0) is 11.8 Å². The highest BCUT2D eigenvalue weighted by molar-refractivity contribution is 8.00. The Kier molecular flexibility index (Phi) is 21.5. The Morgan fingerprint density at radius 3 is 1.87 bits per heavy atom. The van der Waals surface area contributed by atoms with Gasteiger partial charge >= 0.3 is 0 Å². The molecule has 1 aliphatic rings. The van der Waals surface area contributed by atoms with E-state index >= 15 is 0 Å². The molecule has 0 saturated carbocycles. The average molecular weight is 690 g/mol. The van der Waals surface area contributed by atoms with Crippen LogP contribution < -0.4 is 10.6 Å². The third kappa shape index (κ3) is 21.3. The minimum atomic E-state index is -0.512. The van der Waals surface area contributed by atoms with E-state index in [9.17, 15) is 14.7 Å². The molecule has 1 aromatic rings. The van der Waals surface area contributed by atoms with E-state index in [-0.39, 0.29) is 30.5 Å². The molecule has 1 saturated heterocycles. The van der Waals surface area contributed by atoms with Crippen LogP contribution in [0.3, 0.4) is 0 Å². The zero-order valence-corrected chi connectivity index (χ0v) is 29.1. The summed E-state index contributed by atoms with van der Waals surface area (Å²) in [6.07, 6.45) is 2.80. The predicted octanol–water partition coefficient (Wildman–Crippen LogP) is 1.51. The number of aromatic nitrogens is 3. The number of nitrogens with one attached hydrogen (secondary N) is 2. The Balaban J connectivity index is 1.30. The van der Waals surface area contributed by atoms with E-state index in [1.54, 1.807) is 10.9 Å². The fourth-order valence-electron chi connectivity index (χ4n) is 3.84. The van der Waals surface area contributed by atoms with E-state index in [1.165, 1.54) is 11.8 Å². The van der Waals surface area contributed by atoms with E-state index in [2.05, 4.69) is 48.3 Å². The number of amides is 2. The molecule has 2 atom stereocenters. The molecule has 1 aliphatic heterocycles. The van der Waals surface area contributed by atoms with Gasteiger partial charge in [0.2, 0.25) is 11.8 Å². The molecular formula is C31H55N5O10S. The summed E-state index contributed by atoms with van der Waals surface area (Å²) >= 11 is 1.32. The first kappa shape index (κ1) is 40.9. The molecule has 2 amide bonds. The Hall–Kier alpha value is -2.31. The number of hydrogen-bond acceptors (Lipinski definition) is 13. The highest BCUT2D eigenvalue weighted by Gasteiger charge is 2.31. The standard InChI is InChI=1S/C31H55N5O10S/c1-25(37)27-24-47-28(30(39)33-27)21-29(38)32-22-26-23-36(35-34-26)6-8-41-10-12-43-14-16-45-18-20-46-19-17-44-15-13-42-11-9-40-7-5-31(2,3)4/h23,27-28,37H,1,5-22,24H2,2-4H3,(H,32,38)(H,33,39). The van der Waals surface area contributed by atoms with Crippen molar-refractivity contribution in [3.05, 3.63) is 24.2 Å². The quantitative estimate of drug-likeness (QED) is 0.0855. The molecule has 15 nitrogen and oxygen atoms in total. The Labute approximate surface area is 282 Å². The molecule has 0 bridgehead atoms. The summed E-state index contributed by atoms with van der Waals surface area (Å²) in [5.41, 5.74) is 0.892. The maximum absolute atomic E-state index is 12.3. The topological polar surface area (TPSA) is 174 Å². The molecule has 47 heavy (non-hydrogen) atoms. The lowest BCUT2D eigenvalue weighted by molar-refractivity contribution is -0.126. The van der Waals surface area contributed by atoms with Gasteiger partial charge in [0.25, 0.3) is 0 Å². The fraction of sp³-hybridized carbons (Fsp3) is 0.806. The molecule has 1 fully saturated rings. The maximum atomic E-state index is 12.3. The van der Waals surface area contributed by atoms with Crippen molar-refractivity contribution in [2.24, 2.45) is 5.41 Å². The van der Waals surface area contributed by atoms with Gasteiger partial charge < -0.3 is 48.9 Å². The molecule has 2 unspecified atom stereocenters. The monoisotopic (exact) mass is 689 g/mol. The van der Waals surface area contributed by atoms with Crippen molar-refractivity contribution in [3.63, 3.8) is 0 Å². The van der Waals surface area contributed by atoms with Crippen LogP contribution in [-0.4, -0.2) is 141 Å². The van der Waals surface area contributed by atoms with Crippen LogP contribution in [0.2, 0.25) is 0 Å². The van der Waals surface area contributed by atoms with Crippen LogP contribution in [0.5, 0.6) is 0 Å². The van der Waals surface area contributed by atoms with Gasteiger partial charge in [-0.25, -0.2) is 4.68 Å². The highest BCUT2D eigenvalue weighted by Crippen LogP contribution is 2.22. The van der Waals surface area contributed by atoms with Gasteiger partial charge in [-0.15, -0.1) is 16.9 Å². The SMILES string of the molecule is C=C(O)C1CSC(CC(=O)NCc2cn(CCOCCOCCOCCOCCOCCOCCOCCC(C)(C)C)nn2)C(=O)N1. The average Bonchev–Trinajstić information content (AvgIpc) is 3.48. The number of thioether (sulfide) groups is 1. The van der Waals surface area contributed by atoms with E-state index in [1.807, 2.05) is 0 Å². The number of ether oxygens (including phenoxy) is 7. The van der Waals surface area contributed by atoms with Gasteiger partial charge in [-0.3, -0.25) is 9.59 Å². The summed E-state index contributed by atoms with van der Waals surface area (Å²) < 4.78 is 40.2. The van der Waals surface area contributed by atoms with Crippen molar-refractivity contribution >= 4 is 23.6 Å². The largest absolute Gasteiger partial charge is 0.511 e. The first-order valence-electron chi connectivity index (χ1n) is 16.1. The number of carbonyl (C=O) groups excluding carboxylic acids is 2. The number of carbonyl (C=O) groups is 2. The van der Waals surface area contributed by atoms with E-state index in [0.717, 1.165) is 13.0 Å². The van der Waals surface area contributed by atoms with Gasteiger partial charge in [0.05, 0.1) is 116 Å². The number of aliphatic hydroxyl groups is 1. The first-order valence-corrected chi connectivity index (χ1v) is 17.2. The van der Waals surface area contributed by atoms with Crippen LogP contribution in [0.25, 0.3) is 0 Å². The smallest absolute Gasteiger partial charge is 0.234 e. The molecule has 270 valence electrons. The summed E-state index contributed by atoms with van der Waals surface area (Å²) in [6.45, 7) is 18.0. The third-order valence-corrected chi connectivity index (χ3v) is 7.90. The van der Waals surface area contributed by atoms with Crippen LogP contribution in [0.1, 0.15) is 39.3 Å². The summed E-state index contributed by atoms with van der Waals surface area (Å²) in [5.74, 6) is -0.174. The first-order chi connectivity index (χ1) is 22.6. The minimum absolute atomic E-state index is 0.0362. The van der Waals surface area contributed by atoms with Crippen molar-refractivity contribution in [1.29, 1.82) is 0 Å². The lowest BCUT2D eigenvalue weighted by Crippen LogP contribution is -2.48. The Morgan fingerprint density at radius 2 is 1.40 bits per heavy atom. The van der Waals surface area contributed by atoms with E-state index in [4.69, 9.17) is 33.2 Å². The molecule has 3 N–H and O–H groups in total. The molecule has 0 spiro atoms. The Bertz CT molecular complexity index is 1010. The van der Waals surface area contributed by atoms with E-state index in [0.29, 0.717) is 109 Å².